The van der Waals surface area contributed by atoms with Gasteiger partial charge in [-0.1, -0.05) is 23.5 Å². The van der Waals surface area contributed by atoms with Gasteiger partial charge in [0.2, 0.25) is 5.01 Å². The fourth-order valence-corrected chi connectivity index (χ4v) is 5.00. The zero-order valence-corrected chi connectivity index (χ0v) is 18.3. The summed E-state index contributed by atoms with van der Waals surface area (Å²) in [6, 6.07) is 10.2. The van der Waals surface area contributed by atoms with E-state index in [4.69, 9.17) is 0 Å². The molecule has 1 atom stereocenters. The van der Waals surface area contributed by atoms with Gasteiger partial charge in [0, 0.05) is 43.3 Å². The lowest BCUT2D eigenvalue weighted by molar-refractivity contribution is -0.137. The molecule has 0 saturated carbocycles. The average Bonchev–Trinajstić information content (AvgIpc) is 3.17. The van der Waals surface area contributed by atoms with Gasteiger partial charge in [0.05, 0.1) is 11.0 Å². The molecule has 2 aliphatic heterocycles. The number of piperazine rings is 1. The van der Waals surface area contributed by atoms with E-state index in [-0.39, 0.29) is 17.6 Å². The van der Waals surface area contributed by atoms with E-state index in [1.165, 1.54) is 12.1 Å². The molecule has 4 heterocycles. The number of rotatable bonds is 4. The first kappa shape index (κ1) is 21.8. The Labute approximate surface area is 191 Å². The minimum absolute atomic E-state index is 0.118. The fourth-order valence-electron chi connectivity index (χ4n) is 4.20. The third kappa shape index (κ3) is 4.58. The van der Waals surface area contributed by atoms with Crippen molar-refractivity contribution in [1.29, 1.82) is 0 Å². The maximum absolute atomic E-state index is 13.4. The SMILES string of the molecule is Fc1ccc(CCC2CN(C3=c4ncccc4=CNc4sc(C(F)(F)F)nc43)CCN2)cc1. The Morgan fingerprint density at radius 1 is 1.15 bits per heavy atom. The Balaban J connectivity index is 1.48. The van der Waals surface area contributed by atoms with E-state index in [1.54, 1.807) is 30.6 Å². The summed E-state index contributed by atoms with van der Waals surface area (Å²) >= 11 is 0.603. The minimum Gasteiger partial charge on any atom is -0.365 e. The molecule has 1 fully saturated rings. The number of hydrogen-bond acceptors (Lipinski definition) is 6. The summed E-state index contributed by atoms with van der Waals surface area (Å²) < 4.78 is 53.5. The topological polar surface area (TPSA) is 53.1 Å². The van der Waals surface area contributed by atoms with Crippen LogP contribution in [0.15, 0.2) is 42.6 Å². The van der Waals surface area contributed by atoms with Crippen LogP contribution in [-0.2, 0) is 12.6 Å². The Hall–Kier alpha value is -2.98. The highest BCUT2D eigenvalue weighted by atomic mass is 32.1. The maximum Gasteiger partial charge on any atom is 0.443 e. The first-order valence-electron chi connectivity index (χ1n) is 10.6. The predicted octanol–water partition coefficient (Wildman–Crippen LogP) is 2.92. The molecule has 1 unspecified atom stereocenters. The minimum atomic E-state index is -4.52. The smallest absolute Gasteiger partial charge is 0.365 e. The first-order chi connectivity index (χ1) is 15.9. The van der Waals surface area contributed by atoms with Gasteiger partial charge < -0.3 is 15.5 Å². The second-order valence-corrected chi connectivity index (χ2v) is 9.03. The standard InChI is InChI=1S/C23H21F4N5S/c24-16-6-3-14(4-7-16)5-8-17-13-32(11-10-28-17)20-18-15(2-1-9-29-18)12-30-21-19(20)31-22(33-21)23(25,26)27/h1-4,6-7,9,12,17,28,30H,5,8,10-11,13H2. The summed E-state index contributed by atoms with van der Waals surface area (Å²) in [6.07, 6.45) is 0.388. The van der Waals surface area contributed by atoms with E-state index in [0.29, 0.717) is 47.0 Å². The summed E-state index contributed by atoms with van der Waals surface area (Å²) in [5, 5.41) is 7.38. The van der Waals surface area contributed by atoms with Gasteiger partial charge in [-0.3, -0.25) is 4.98 Å². The molecular weight excluding hydrogens is 454 g/mol. The number of anilines is 1. The van der Waals surface area contributed by atoms with E-state index in [2.05, 4.69) is 25.5 Å². The quantitative estimate of drug-likeness (QED) is 0.569. The van der Waals surface area contributed by atoms with Crippen molar-refractivity contribution in [2.24, 2.45) is 0 Å². The lowest BCUT2D eigenvalue weighted by Gasteiger charge is -2.36. The molecule has 1 aromatic carbocycles. The van der Waals surface area contributed by atoms with E-state index >= 15 is 0 Å². The van der Waals surface area contributed by atoms with Gasteiger partial charge in [0.25, 0.3) is 0 Å². The summed E-state index contributed by atoms with van der Waals surface area (Å²) in [7, 11) is 0. The van der Waals surface area contributed by atoms with Gasteiger partial charge >= 0.3 is 6.18 Å². The van der Waals surface area contributed by atoms with Crippen LogP contribution < -0.4 is 21.2 Å². The molecule has 0 bridgehead atoms. The number of fused-ring (bicyclic) bond motifs is 2. The summed E-state index contributed by atoms with van der Waals surface area (Å²) in [5.41, 5.74) is 1.93. The Bertz CT molecular complexity index is 1270. The predicted molar refractivity (Wildman–Crippen MR) is 119 cm³/mol. The number of aromatic nitrogens is 2. The Morgan fingerprint density at radius 3 is 2.76 bits per heavy atom. The molecule has 5 nitrogen and oxygen atoms in total. The first-order valence-corrected chi connectivity index (χ1v) is 11.4. The highest BCUT2D eigenvalue weighted by Crippen LogP contribution is 2.39. The highest BCUT2D eigenvalue weighted by Gasteiger charge is 2.38. The molecule has 0 aliphatic carbocycles. The monoisotopic (exact) mass is 475 g/mol. The molecule has 5 rings (SSSR count). The maximum atomic E-state index is 13.4. The number of alkyl halides is 3. The van der Waals surface area contributed by atoms with Crippen LogP contribution in [0.25, 0.3) is 11.9 Å². The number of thiazole rings is 1. The molecule has 2 N–H and O–H groups in total. The van der Waals surface area contributed by atoms with Gasteiger partial charge in [-0.25, -0.2) is 9.37 Å². The van der Waals surface area contributed by atoms with Crippen molar-refractivity contribution in [1.82, 2.24) is 20.2 Å². The second kappa shape index (κ2) is 8.75. The molecule has 2 aromatic heterocycles. The Morgan fingerprint density at radius 2 is 1.97 bits per heavy atom. The van der Waals surface area contributed by atoms with E-state index < -0.39 is 11.2 Å². The van der Waals surface area contributed by atoms with Gasteiger partial charge in [-0.2, -0.15) is 13.2 Å². The largest absolute Gasteiger partial charge is 0.443 e. The third-order valence-electron chi connectivity index (χ3n) is 5.78. The molecule has 0 amide bonds. The number of pyridine rings is 1. The van der Waals surface area contributed by atoms with Gasteiger partial charge in [-0.05, 0) is 42.7 Å². The zero-order valence-electron chi connectivity index (χ0n) is 17.5. The zero-order chi connectivity index (χ0) is 23.0. The van der Waals surface area contributed by atoms with Crippen LogP contribution in [0, 0.1) is 5.82 Å². The number of nitrogens with zero attached hydrogens (tertiary/aromatic N) is 3. The second-order valence-electron chi connectivity index (χ2n) is 8.04. The number of benzene rings is 1. The fraction of sp³-hybridized carbons (Fsp3) is 0.304. The van der Waals surface area contributed by atoms with Crippen LogP contribution in [-0.4, -0.2) is 40.5 Å². The molecule has 2 aliphatic rings. The highest BCUT2D eigenvalue weighted by molar-refractivity contribution is 7.16. The van der Waals surface area contributed by atoms with Crippen LogP contribution in [0.5, 0.6) is 0 Å². The molecule has 0 radical (unpaired) electrons. The van der Waals surface area contributed by atoms with Crippen LogP contribution >= 0.6 is 11.3 Å². The van der Waals surface area contributed by atoms with Crippen LogP contribution in [0.3, 0.4) is 0 Å². The van der Waals surface area contributed by atoms with Gasteiger partial charge in [-0.15, -0.1) is 0 Å². The lowest BCUT2D eigenvalue weighted by Crippen LogP contribution is -2.52. The number of hydrogen-bond donors (Lipinski definition) is 2. The van der Waals surface area contributed by atoms with E-state index in [0.717, 1.165) is 23.6 Å². The van der Waals surface area contributed by atoms with Crippen molar-refractivity contribution in [3.63, 3.8) is 0 Å². The van der Waals surface area contributed by atoms with Crippen molar-refractivity contribution in [2.75, 3.05) is 25.0 Å². The number of aryl methyl sites for hydroxylation is 1. The van der Waals surface area contributed by atoms with Gasteiger partial charge in [0.1, 0.15) is 16.5 Å². The van der Waals surface area contributed by atoms with Crippen LogP contribution in [0.4, 0.5) is 22.6 Å². The molecule has 1 saturated heterocycles. The van der Waals surface area contributed by atoms with Crippen molar-refractivity contribution in [3.05, 3.63) is 75.2 Å². The number of halogens is 4. The average molecular weight is 476 g/mol. The van der Waals surface area contributed by atoms with E-state index in [9.17, 15) is 17.6 Å². The molecule has 10 heteroatoms. The molecular formula is C23H21F4N5S. The molecule has 172 valence electrons. The van der Waals surface area contributed by atoms with Crippen molar-refractivity contribution in [2.45, 2.75) is 25.1 Å². The van der Waals surface area contributed by atoms with Crippen molar-refractivity contribution < 1.29 is 17.6 Å². The normalized spacial score (nSPS) is 18.1. The van der Waals surface area contributed by atoms with Crippen LogP contribution in [0.2, 0.25) is 0 Å². The van der Waals surface area contributed by atoms with Crippen molar-refractivity contribution in [3.8, 4) is 0 Å². The molecule has 0 spiro atoms. The molecule has 33 heavy (non-hydrogen) atoms. The third-order valence-corrected chi connectivity index (χ3v) is 6.81. The lowest BCUT2D eigenvalue weighted by atomic mass is 10.0. The summed E-state index contributed by atoms with van der Waals surface area (Å²) in [4.78, 5) is 10.6. The van der Waals surface area contributed by atoms with Crippen LogP contribution in [0.1, 0.15) is 22.7 Å². The number of nitrogens with one attached hydrogen (secondary N) is 2. The molecule has 3 aromatic rings. The summed E-state index contributed by atoms with van der Waals surface area (Å²) in [6.45, 7) is 1.91. The Kier molecular flexibility index (Phi) is 5.79. The summed E-state index contributed by atoms with van der Waals surface area (Å²) in [5.74, 6) is -0.264. The van der Waals surface area contributed by atoms with Crippen molar-refractivity contribution >= 4 is 28.2 Å². The van der Waals surface area contributed by atoms with Gasteiger partial charge in [0.15, 0.2) is 0 Å². The van der Waals surface area contributed by atoms with E-state index in [1.807, 2.05) is 6.07 Å².